The normalized spacial score (nSPS) is 10.9. The number of benzene rings is 1. The van der Waals surface area contributed by atoms with Crippen molar-refractivity contribution in [1.29, 1.82) is 0 Å². The van der Waals surface area contributed by atoms with Crippen LogP contribution in [0, 0.1) is 20.8 Å². The Morgan fingerprint density at radius 1 is 1.00 bits per heavy atom. The highest BCUT2D eigenvalue weighted by atomic mass is 16.3. The lowest BCUT2D eigenvalue weighted by Gasteiger charge is -2.10. The molecule has 2 nitrogen and oxygen atoms in total. The molecule has 0 fully saturated rings. The van der Waals surface area contributed by atoms with Gasteiger partial charge in [0.1, 0.15) is 5.76 Å². The van der Waals surface area contributed by atoms with Crippen molar-refractivity contribution in [2.24, 2.45) is 0 Å². The van der Waals surface area contributed by atoms with E-state index >= 15 is 0 Å². The second-order valence-corrected chi connectivity index (χ2v) is 5.19. The molecule has 1 N–H and O–H groups in total. The van der Waals surface area contributed by atoms with Gasteiger partial charge in [0, 0.05) is 5.56 Å². The molecule has 0 aliphatic carbocycles. The fraction of sp³-hybridized carbons (Fsp3) is 0.412. The monoisotopic (exact) mass is 257 g/mol. The smallest absolute Gasteiger partial charge is 0.125 e. The van der Waals surface area contributed by atoms with Crippen molar-refractivity contribution in [2.45, 2.75) is 40.7 Å². The van der Waals surface area contributed by atoms with Crippen molar-refractivity contribution in [2.75, 3.05) is 6.54 Å². The number of furan rings is 1. The lowest BCUT2D eigenvalue weighted by molar-refractivity contribution is 0.484. The Morgan fingerprint density at radius 2 is 1.74 bits per heavy atom. The molecule has 0 aliphatic rings. The highest BCUT2D eigenvalue weighted by molar-refractivity contribution is 5.70. The summed E-state index contributed by atoms with van der Waals surface area (Å²) < 4.78 is 5.63. The van der Waals surface area contributed by atoms with E-state index in [-0.39, 0.29) is 0 Å². The SMILES string of the molecule is CCCNCc1occc1-c1cc(C)c(C)cc1C. The number of rotatable bonds is 5. The van der Waals surface area contributed by atoms with Gasteiger partial charge in [-0.15, -0.1) is 0 Å². The van der Waals surface area contributed by atoms with Crippen LogP contribution in [-0.2, 0) is 6.54 Å². The van der Waals surface area contributed by atoms with Crippen molar-refractivity contribution in [3.63, 3.8) is 0 Å². The number of hydrogen-bond acceptors (Lipinski definition) is 2. The van der Waals surface area contributed by atoms with Crippen molar-refractivity contribution in [1.82, 2.24) is 5.32 Å². The maximum absolute atomic E-state index is 5.63. The van der Waals surface area contributed by atoms with E-state index in [1.807, 2.05) is 0 Å². The van der Waals surface area contributed by atoms with E-state index < -0.39 is 0 Å². The highest BCUT2D eigenvalue weighted by Gasteiger charge is 2.11. The van der Waals surface area contributed by atoms with E-state index in [2.05, 4.69) is 51.2 Å². The zero-order valence-electron chi connectivity index (χ0n) is 12.3. The van der Waals surface area contributed by atoms with Crippen LogP contribution in [0.4, 0.5) is 0 Å². The summed E-state index contributed by atoms with van der Waals surface area (Å²) in [5.41, 5.74) is 6.47. The summed E-state index contributed by atoms with van der Waals surface area (Å²) in [6.45, 7) is 10.5. The van der Waals surface area contributed by atoms with Gasteiger partial charge < -0.3 is 9.73 Å². The lowest BCUT2D eigenvalue weighted by atomic mass is 9.96. The van der Waals surface area contributed by atoms with E-state index in [1.165, 1.54) is 27.8 Å². The maximum Gasteiger partial charge on any atom is 0.125 e. The summed E-state index contributed by atoms with van der Waals surface area (Å²) in [4.78, 5) is 0. The molecule has 1 heterocycles. The first-order valence-electron chi connectivity index (χ1n) is 6.98. The van der Waals surface area contributed by atoms with Crippen LogP contribution in [0.5, 0.6) is 0 Å². The summed E-state index contributed by atoms with van der Waals surface area (Å²) in [6.07, 6.45) is 2.92. The van der Waals surface area contributed by atoms with Crippen molar-refractivity contribution >= 4 is 0 Å². The lowest BCUT2D eigenvalue weighted by Crippen LogP contribution is -2.13. The highest BCUT2D eigenvalue weighted by Crippen LogP contribution is 2.30. The Bertz CT molecular complexity index is 554. The van der Waals surface area contributed by atoms with Crippen LogP contribution in [0.25, 0.3) is 11.1 Å². The first-order chi connectivity index (χ1) is 9.13. The minimum atomic E-state index is 0.794. The molecule has 1 aromatic carbocycles. The van der Waals surface area contributed by atoms with Crippen LogP contribution >= 0.6 is 0 Å². The molecule has 0 unspecified atom stereocenters. The molecule has 0 atom stereocenters. The van der Waals surface area contributed by atoms with E-state index in [1.54, 1.807) is 6.26 Å². The second-order valence-electron chi connectivity index (χ2n) is 5.19. The van der Waals surface area contributed by atoms with Crippen molar-refractivity contribution < 1.29 is 4.42 Å². The summed E-state index contributed by atoms with van der Waals surface area (Å²) >= 11 is 0. The minimum absolute atomic E-state index is 0.794. The van der Waals surface area contributed by atoms with Crippen LogP contribution in [0.2, 0.25) is 0 Å². The van der Waals surface area contributed by atoms with Gasteiger partial charge in [0.2, 0.25) is 0 Å². The molecule has 102 valence electrons. The van der Waals surface area contributed by atoms with Gasteiger partial charge in [-0.2, -0.15) is 0 Å². The van der Waals surface area contributed by atoms with E-state index in [9.17, 15) is 0 Å². The van der Waals surface area contributed by atoms with Gasteiger partial charge in [-0.3, -0.25) is 0 Å². The van der Waals surface area contributed by atoms with Gasteiger partial charge in [-0.05, 0) is 62.1 Å². The van der Waals surface area contributed by atoms with Crippen LogP contribution in [0.3, 0.4) is 0 Å². The topological polar surface area (TPSA) is 25.2 Å². The molecule has 2 aromatic rings. The number of aryl methyl sites for hydroxylation is 3. The molecule has 0 saturated carbocycles. The summed E-state index contributed by atoms with van der Waals surface area (Å²) in [5.74, 6) is 1.03. The number of nitrogens with one attached hydrogen (secondary N) is 1. The zero-order chi connectivity index (χ0) is 13.8. The minimum Gasteiger partial charge on any atom is -0.467 e. The average molecular weight is 257 g/mol. The molecule has 19 heavy (non-hydrogen) atoms. The predicted octanol–water partition coefficient (Wildman–Crippen LogP) is 4.37. The van der Waals surface area contributed by atoms with Gasteiger partial charge in [0.15, 0.2) is 0 Å². The molecule has 0 aliphatic heterocycles. The van der Waals surface area contributed by atoms with Gasteiger partial charge in [0.05, 0.1) is 12.8 Å². The zero-order valence-corrected chi connectivity index (χ0v) is 12.3. The van der Waals surface area contributed by atoms with Crippen molar-refractivity contribution in [3.05, 3.63) is 46.9 Å². The third-order valence-electron chi connectivity index (χ3n) is 3.59. The van der Waals surface area contributed by atoms with Gasteiger partial charge in [-0.1, -0.05) is 19.1 Å². The molecule has 0 spiro atoms. The quantitative estimate of drug-likeness (QED) is 0.804. The molecule has 0 amide bonds. The Balaban J connectivity index is 2.32. The second kappa shape index (κ2) is 6.07. The Hall–Kier alpha value is -1.54. The fourth-order valence-electron chi connectivity index (χ4n) is 2.35. The molecule has 1 aromatic heterocycles. The molecule has 0 bridgehead atoms. The largest absolute Gasteiger partial charge is 0.467 e. The fourth-order valence-corrected chi connectivity index (χ4v) is 2.35. The average Bonchev–Trinajstić information content (AvgIpc) is 2.82. The van der Waals surface area contributed by atoms with Crippen LogP contribution in [-0.4, -0.2) is 6.54 Å². The third-order valence-corrected chi connectivity index (χ3v) is 3.59. The van der Waals surface area contributed by atoms with Crippen LogP contribution in [0.1, 0.15) is 35.8 Å². The standard InChI is InChI=1S/C17H23NO/c1-5-7-18-11-17-15(6-8-19-17)16-10-13(3)12(2)9-14(16)4/h6,8-10,18H,5,7,11H2,1-4H3. The molecule has 2 rings (SSSR count). The van der Waals surface area contributed by atoms with Crippen LogP contribution in [0.15, 0.2) is 28.9 Å². The maximum atomic E-state index is 5.63. The van der Waals surface area contributed by atoms with Gasteiger partial charge in [-0.25, -0.2) is 0 Å². The first-order valence-corrected chi connectivity index (χ1v) is 6.98. The van der Waals surface area contributed by atoms with E-state index in [0.29, 0.717) is 0 Å². The van der Waals surface area contributed by atoms with Gasteiger partial charge in [0.25, 0.3) is 0 Å². The Labute approximate surface area is 115 Å². The van der Waals surface area contributed by atoms with Crippen molar-refractivity contribution in [3.8, 4) is 11.1 Å². The third kappa shape index (κ3) is 3.07. The summed E-state index contributed by atoms with van der Waals surface area (Å²) in [5, 5.41) is 3.40. The first kappa shape index (κ1) is 13.9. The molecule has 0 radical (unpaired) electrons. The molecular weight excluding hydrogens is 234 g/mol. The van der Waals surface area contributed by atoms with E-state index in [0.717, 1.165) is 25.3 Å². The van der Waals surface area contributed by atoms with Crippen LogP contribution < -0.4 is 5.32 Å². The molecule has 0 saturated heterocycles. The van der Waals surface area contributed by atoms with Gasteiger partial charge >= 0.3 is 0 Å². The summed E-state index contributed by atoms with van der Waals surface area (Å²) in [6, 6.07) is 6.58. The van der Waals surface area contributed by atoms with E-state index in [4.69, 9.17) is 4.42 Å². The number of hydrogen-bond donors (Lipinski definition) is 1. The summed E-state index contributed by atoms with van der Waals surface area (Å²) in [7, 11) is 0. The molecule has 2 heteroatoms. The Morgan fingerprint density at radius 3 is 2.47 bits per heavy atom. The Kier molecular flexibility index (Phi) is 4.43. The molecular formula is C17H23NO. The predicted molar refractivity (Wildman–Crippen MR) is 80.4 cm³/mol.